The first-order valence-corrected chi connectivity index (χ1v) is 10.7. The second kappa shape index (κ2) is 9.16. The van der Waals surface area contributed by atoms with E-state index in [0.29, 0.717) is 31.0 Å². The zero-order valence-corrected chi connectivity index (χ0v) is 18.3. The van der Waals surface area contributed by atoms with E-state index in [2.05, 4.69) is 10.3 Å². The number of likely N-dealkylation sites (tertiary alicyclic amines) is 1. The molecule has 2 heterocycles. The van der Waals surface area contributed by atoms with Crippen molar-refractivity contribution in [2.75, 3.05) is 20.1 Å². The molecule has 3 amide bonds. The first-order chi connectivity index (χ1) is 15.3. The zero-order valence-electron chi connectivity index (χ0n) is 17.5. The Morgan fingerprint density at radius 2 is 2.06 bits per heavy atom. The molecule has 1 aromatic heterocycles. The number of nitrogens with zero attached hydrogens (tertiary/aromatic N) is 2. The number of piperidine rings is 1. The van der Waals surface area contributed by atoms with E-state index in [-0.39, 0.29) is 24.2 Å². The number of halogens is 3. The average molecular weight is 461 g/mol. The maximum atomic E-state index is 14.0. The number of H-pyrrole nitrogens is 1. The van der Waals surface area contributed by atoms with Gasteiger partial charge in [-0.2, -0.15) is 0 Å². The normalized spacial score (nSPS) is 16.2. The minimum absolute atomic E-state index is 0.231. The number of carbonyl (C=O) groups excluding carboxylic acids is 2. The minimum Gasteiger partial charge on any atom is -0.357 e. The van der Waals surface area contributed by atoms with Gasteiger partial charge in [0, 0.05) is 41.8 Å². The molecule has 0 saturated carbocycles. The molecule has 1 aliphatic heterocycles. The summed E-state index contributed by atoms with van der Waals surface area (Å²) < 4.78 is 27.6. The van der Waals surface area contributed by atoms with Crippen LogP contribution in [0.15, 0.2) is 42.5 Å². The molecule has 32 heavy (non-hydrogen) atoms. The second-order valence-corrected chi connectivity index (χ2v) is 8.38. The van der Waals surface area contributed by atoms with Crippen molar-refractivity contribution < 1.29 is 18.4 Å². The predicted molar refractivity (Wildman–Crippen MR) is 119 cm³/mol. The fourth-order valence-corrected chi connectivity index (χ4v) is 4.20. The highest BCUT2D eigenvalue weighted by atomic mass is 35.5. The van der Waals surface area contributed by atoms with Crippen molar-refractivity contribution in [1.82, 2.24) is 20.1 Å². The van der Waals surface area contributed by atoms with Crippen LogP contribution in [0.1, 0.15) is 28.9 Å². The third-order valence-electron chi connectivity index (χ3n) is 5.80. The topological polar surface area (TPSA) is 68.4 Å². The quantitative estimate of drug-likeness (QED) is 0.600. The van der Waals surface area contributed by atoms with Crippen molar-refractivity contribution in [1.29, 1.82) is 0 Å². The molecule has 6 nitrogen and oxygen atoms in total. The molecule has 0 radical (unpaired) electrons. The summed E-state index contributed by atoms with van der Waals surface area (Å²) >= 11 is 6.01. The monoisotopic (exact) mass is 460 g/mol. The van der Waals surface area contributed by atoms with E-state index in [4.69, 9.17) is 11.6 Å². The Morgan fingerprint density at radius 3 is 2.88 bits per heavy atom. The van der Waals surface area contributed by atoms with Gasteiger partial charge in [0.25, 0.3) is 5.91 Å². The van der Waals surface area contributed by atoms with Crippen LogP contribution in [0, 0.1) is 11.6 Å². The standard InChI is InChI=1S/C23H23ClF2N4O2/c1-29(23(32)27-12-16-11-14-10-15(24)7-8-20(14)28-16)17-4-3-9-30(13-17)22(31)18-5-2-6-19(25)21(18)26/h2,5-8,10-11,17,28H,3-4,9,12-13H2,1H3,(H,27,32). The highest BCUT2D eigenvalue weighted by molar-refractivity contribution is 6.31. The molecule has 0 aliphatic carbocycles. The Morgan fingerprint density at radius 1 is 1.25 bits per heavy atom. The summed E-state index contributed by atoms with van der Waals surface area (Å²) in [6.07, 6.45) is 1.37. The van der Waals surface area contributed by atoms with E-state index in [1.165, 1.54) is 17.0 Å². The minimum atomic E-state index is -1.15. The maximum absolute atomic E-state index is 14.0. The maximum Gasteiger partial charge on any atom is 0.317 e. The molecule has 3 aromatic rings. The number of rotatable bonds is 4. The fraction of sp³-hybridized carbons (Fsp3) is 0.304. The number of hydrogen-bond donors (Lipinski definition) is 2. The van der Waals surface area contributed by atoms with Crippen molar-refractivity contribution in [3.63, 3.8) is 0 Å². The molecule has 1 saturated heterocycles. The molecule has 0 spiro atoms. The molecule has 1 fully saturated rings. The first kappa shape index (κ1) is 22.1. The summed E-state index contributed by atoms with van der Waals surface area (Å²) in [6.45, 7) is 0.987. The SMILES string of the molecule is CN(C(=O)NCc1cc2cc(Cl)ccc2[nH]1)C1CCCN(C(=O)c2cccc(F)c2F)C1. The summed E-state index contributed by atoms with van der Waals surface area (Å²) in [4.78, 5) is 31.7. The van der Waals surface area contributed by atoms with Crippen molar-refractivity contribution >= 4 is 34.4 Å². The highest BCUT2D eigenvalue weighted by Gasteiger charge is 2.30. The molecule has 0 bridgehead atoms. The highest BCUT2D eigenvalue weighted by Crippen LogP contribution is 2.21. The van der Waals surface area contributed by atoms with Gasteiger partial charge in [0.1, 0.15) is 0 Å². The van der Waals surface area contributed by atoms with Gasteiger partial charge in [-0.1, -0.05) is 17.7 Å². The Kier molecular flexibility index (Phi) is 6.32. The Balaban J connectivity index is 1.37. The van der Waals surface area contributed by atoms with Crippen LogP contribution >= 0.6 is 11.6 Å². The van der Waals surface area contributed by atoms with Crippen molar-refractivity contribution in [3.8, 4) is 0 Å². The van der Waals surface area contributed by atoms with Crippen LogP contribution in [0.25, 0.3) is 10.9 Å². The van der Waals surface area contributed by atoms with Crippen LogP contribution in [0.5, 0.6) is 0 Å². The van der Waals surface area contributed by atoms with Gasteiger partial charge in [-0.05, 0) is 49.2 Å². The lowest BCUT2D eigenvalue weighted by atomic mass is 10.0. The van der Waals surface area contributed by atoms with E-state index >= 15 is 0 Å². The first-order valence-electron chi connectivity index (χ1n) is 10.3. The molecule has 4 rings (SSSR count). The summed E-state index contributed by atoms with van der Waals surface area (Å²) in [7, 11) is 1.67. The van der Waals surface area contributed by atoms with Gasteiger partial charge in [0.2, 0.25) is 0 Å². The van der Waals surface area contributed by atoms with Gasteiger partial charge >= 0.3 is 6.03 Å². The largest absolute Gasteiger partial charge is 0.357 e. The summed E-state index contributed by atoms with van der Waals surface area (Å²) in [5.41, 5.74) is 1.47. The molecule has 2 aromatic carbocycles. The van der Waals surface area contributed by atoms with Gasteiger partial charge in [-0.15, -0.1) is 0 Å². The lowest BCUT2D eigenvalue weighted by Gasteiger charge is -2.37. The number of likely N-dealkylation sites (N-methyl/N-ethyl adjacent to an activating group) is 1. The molecule has 1 unspecified atom stereocenters. The number of carbonyl (C=O) groups is 2. The lowest BCUT2D eigenvalue weighted by Crippen LogP contribution is -2.52. The van der Waals surface area contributed by atoms with Crippen molar-refractivity contribution in [2.45, 2.75) is 25.4 Å². The van der Waals surface area contributed by atoms with Gasteiger partial charge in [-0.25, -0.2) is 13.6 Å². The van der Waals surface area contributed by atoms with Crippen LogP contribution < -0.4 is 5.32 Å². The summed E-state index contributed by atoms with van der Waals surface area (Å²) in [5, 5.41) is 4.47. The molecule has 1 aliphatic rings. The molecule has 9 heteroatoms. The molecular formula is C23H23ClF2N4O2. The van der Waals surface area contributed by atoms with E-state index < -0.39 is 17.5 Å². The van der Waals surface area contributed by atoms with E-state index in [1.807, 2.05) is 18.2 Å². The number of fused-ring (bicyclic) bond motifs is 1. The van der Waals surface area contributed by atoms with Crippen LogP contribution in [0.2, 0.25) is 5.02 Å². The number of aromatic amines is 1. The fourth-order valence-electron chi connectivity index (χ4n) is 4.01. The van der Waals surface area contributed by atoms with Crippen LogP contribution in [-0.2, 0) is 6.54 Å². The number of nitrogens with one attached hydrogen (secondary N) is 2. The third kappa shape index (κ3) is 4.55. The summed E-state index contributed by atoms with van der Waals surface area (Å²) in [6, 6.07) is 10.5. The number of urea groups is 1. The van der Waals surface area contributed by atoms with E-state index in [0.717, 1.165) is 22.7 Å². The van der Waals surface area contributed by atoms with Gasteiger partial charge < -0.3 is 20.1 Å². The Labute approximate surface area is 189 Å². The van der Waals surface area contributed by atoms with Gasteiger partial charge in [0.05, 0.1) is 18.2 Å². The van der Waals surface area contributed by atoms with Crippen molar-refractivity contribution in [2.24, 2.45) is 0 Å². The summed E-state index contributed by atoms with van der Waals surface area (Å²) in [5.74, 6) is -2.78. The second-order valence-electron chi connectivity index (χ2n) is 7.94. The Bertz CT molecular complexity index is 1170. The molecule has 2 N–H and O–H groups in total. The van der Waals surface area contributed by atoms with E-state index in [1.54, 1.807) is 18.0 Å². The predicted octanol–water partition coefficient (Wildman–Crippen LogP) is 4.55. The number of benzene rings is 2. The zero-order chi connectivity index (χ0) is 22.8. The molecule has 1 atom stereocenters. The van der Waals surface area contributed by atoms with Crippen LogP contribution in [-0.4, -0.2) is 52.9 Å². The smallest absolute Gasteiger partial charge is 0.317 e. The van der Waals surface area contributed by atoms with Crippen molar-refractivity contribution in [3.05, 3.63) is 70.4 Å². The lowest BCUT2D eigenvalue weighted by molar-refractivity contribution is 0.0630. The number of amides is 3. The number of hydrogen-bond acceptors (Lipinski definition) is 2. The molecular weight excluding hydrogens is 438 g/mol. The average Bonchev–Trinajstić information content (AvgIpc) is 3.20. The molecule has 168 valence electrons. The van der Waals surface area contributed by atoms with Gasteiger partial charge in [0.15, 0.2) is 11.6 Å². The Hall–Kier alpha value is -3.13. The third-order valence-corrected chi connectivity index (χ3v) is 6.04. The van der Waals surface area contributed by atoms with E-state index in [9.17, 15) is 18.4 Å². The van der Waals surface area contributed by atoms with Gasteiger partial charge in [-0.3, -0.25) is 4.79 Å². The van der Waals surface area contributed by atoms with Crippen LogP contribution in [0.3, 0.4) is 0 Å². The van der Waals surface area contributed by atoms with Crippen LogP contribution in [0.4, 0.5) is 13.6 Å². The number of aromatic nitrogens is 1.